The van der Waals surface area contributed by atoms with Crippen LogP contribution in [0.15, 0.2) is 49.2 Å². The van der Waals surface area contributed by atoms with E-state index in [-0.39, 0.29) is 11.7 Å². The third kappa shape index (κ3) is 4.34. The number of aryl methyl sites for hydroxylation is 2. The molecule has 0 aliphatic carbocycles. The lowest BCUT2D eigenvalue weighted by molar-refractivity contribution is -0.115. The number of benzene rings is 2. The summed E-state index contributed by atoms with van der Waals surface area (Å²) in [6.45, 7) is 4.02. The Hall–Kier alpha value is -1.57. The second kappa shape index (κ2) is 7.35. The van der Waals surface area contributed by atoms with E-state index >= 15 is 0 Å². The summed E-state index contributed by atoms with van der Waals surface area (Å²) < 4.78 is 1.36. The van der Waals surface area contributed by atoms with Crippen molar-refractivity contribution in [3.8, 4) is 5.75 Å². The van der Waals surface area contributed by atoms with Gasteiger partial charge in [-0.2, -0.15) is 0 Å². The van der Waals surface area contributed by atoms with Crippen LogP contribution in [0.5, 0.6) is 5.75 Å². The predicted molar refractivity (Wildman–Crippen MR) is 110 cm³/mol. The molecule has 7 heteroatoms. The highest BCUT2D eigenvalue weighted by atomic mass is 79.9. The second-order valence-electron chi connectivity index (χ2n) is 5.65. The standard InChI is InChI=1S/C18H14Br2N2O2S/c1-9-3-10(2)5-13(4-9)21-18-22-17(24)15(25-18)7-11-6-12(19)8-14(20)16(11)23/h3-8,23H,1-2H3,(H,21,22,24)/b15-7-. The van der Waals surface area contributed by atoms with Gasteiger partial charge in [0.15, 0.2) is 5.17 Å². The molecule has 0 aromatic heterocycles. The molecule has 0 bridgehead atoms. The van der Waals surface area contributed by atoms with Gasteiger partial charge in [0, 0.05) is 10.0 Å². The van der Waals surface area contributed by atoms with Crippen LogP contribution in [-0.4, -0.2) is 16.2 Å². The molecular formula is C18H14Br2N2O2S. The van der Waals surface area contributed by atoms with Crippen molar-refractivity contribution in [2.24, 2.45) is 4.99 Å². The predicted octanol–water partition coefficient (Wildman–Crippen LogP) is 5.43. The van der Waals surface area contributed by atoms with Gasteiger partial charge in [-0.3, -0.25) is 4.79 Å². The van der Waals surface area contributed by atoms with Gasteiger partial charge in [0.25, 0.3) is 5.91 Å². The van der Waals surface area contributed by atoms with Gasteiger partial charge in [0.05, 0.1) is 15.1 Å². The molecule has 3 rings (SSSR count). The Kier molecular flexibility index (Phi) is 5.36. The number of rotatable bonds is 2. The first-order chi connectivity index (χ1) is 11.8. The van der Waals surface area contributed by atoms with Crippen LogP contribution in [0.2, 0.25) is 0 Å². The minimum absolute atomic E-state index is 0.0868. The van der Waals surface area contributed by atoms with E-state index in [4.69, 9.17) is 0 Å². The van der Waals surface area contributed by atoms with E-state index in [0.29, 0.717) is 20.1 Å². The Morgan fingerprint density at radius 1 is 1.12 bits per heavy atom. The zero-order chi connectivity index (χ0) is 18.1. The summed E-state index contributed by atoms with van der Waals surface area (Å²) in [5.74, 6) is -0.146. The van der Waals surface area contributed by atoms with Gasteiger partial charge in [-0.25, -0.2) is 4.99 Å². The van der Waals surface area contributed by atoms with Crippen LogP contribution < -0.4 is 5.32 Å². The Morgan fingerprint density at radius 3 is 2.48 bits per heavy atom. The van der Waals surface area contributed by atoms with Crippen molar-refractivity contribution < 1.29 is 9.90 Å². The van der Waals surface area contributed by atoms with Crippen LogP contribution in [-0.2, 0) is 4.79 Å². The summed E-state index contributed by atoms with van der Waals surface area (Å²) in [5.41, 5.74) is 3.59. The number of aromatic hydroxyl groups is 1. The highest BCUT2D eigenvalue weighted by Gasteiger charge is 2.24. The third-order valence-electron chi connectivity index (χ3n) is 3.43. The summed E-state index contributed by atoms with van der Waals surface area (Å²) in [7, 11) is 0. The number of halogens is 2. The zero-order valence-electron chi connectivity index (χ0n) is 13.4. The monoisotopic (exact) mass is 480 g/mol. The molecule has 0 spiro atoms. The molecule has 0 saturated carbocycles. The van der Waals surface area contributed by atoms with Crippen LogP contribution in [0, 0.1) is 13.8 Å². The molecule has 1 aliphatic heterocycles. The number of hydrogen-bond donors (Lipinski definition) is 2. The van der Waals surface area contributed by atoms with Gasteiger partial charge in [-0.05, 0) is 83.0 Å². The Balaban J connectivity index is 1.91. The molecule has 2 aromatic carbocycles. The van der Waals surface area contributed by atoms with E-state index in [9.17, 15) is 9.90 Å². The number of phenols is 1. The van der Waals surface area contributed by atoms with Gasteiger partial charge in [0.2, 0.25) is 0 Å². The van der Waals surface area contributed by atoms with Gasteiger partial charge in [-0.15, -0.1) is 0 Å². The van der Waals surface area contributed by atoms with Crippen molar-refractivity contribution in [3.05, 3.63) is 60.9 Å². The maximum atomic E-state index is 12.2. The Labute approximate surface area is 166 Å². The second-order valence-corrected chi connectivity index (χ2v) is 8.45. The first-order valence-corrected chi connectivity index (χ1v) is 9.78. The van der Waals surface area contributed by atoms with Crippen LogP contribution in [0.1, 0.15) is 16.7 Å². The number of carbonyl (C=O) groups excluding carboxylic acids is 1. The Bertz CT molecular complexity index is 919. The van der Waals surface area contributed by atoms with E-state index in [1.54, 1.807) is 18.2 Å². The number of amides is 1. The smallest absolute Gasteiger partial charge is 0.264 e. The molecule has 0 unspecified atom stereocenters. The number of aliphatic imine (C=N–C) groups is 1. The minimum Gasteiger partial charge on any atom is -0.506 e. The lowest BCUT2D eigenvalue weighted by Crippen LogP contribution is -2.19. The minimum atomic E-state index is -0.233. The highest BCUT2D eigenvalue weighted by molar-refractivity contribution is 9.11. The molecule has 2 aromatic rings. The van der Waals surface area contributed by atoms with Crippen molar-refractivity contribution in [1.82, 2.24) is 5.32 Å². The summed E-state index contributed by atoms with van der Waals surface area (Å²) in [5, 5.41) is 13.4. The first kappa shape index (κ1) is 18.2. The van der Waals surface area contributed by atoms with Crippen molar-refractivity contribution >= 4 is 66.5 Å². The molecular weight excluding hydrogens is 468 g/mol. The quantitative estimate of drug-likeness (QED) is 0.562. The van der Waals surface area contributed by atoms with Crippen LogP contribution >= 0.6 is 43.6 Å². The topological polar surface area (TPSA) is 61.7 Å². The van der Waals surface area contributed by atoms with Crippen molar-refractivity contribution in [2.75, 3.05) is 0 Å². The maximum Gasteiger partial charge on any atom is 0.264 e. The molecule has 0 radical (unpaired) electrons. The molecule has 25 heavy (non-hydrogen) atoms. The fraction of sp³-hybridized carbons (Fsp3) is 0.111. The maximum absolute atomic E-state index is 12.2. The van der Waals surface area contributed by atoms with E-state index in [1.807, 2.05) is 26.0 Å². The van der Waals surface area contributed by atoms with E-state index < -0.39 is 0 Å². The molecule has 1 aliphatic rings. The largest absolute Gasteiger partial charge is 0.506 e. The molecule has 0 atom stereocenters. The van der Waals surface area contributed by atoms with Gasteiger partial charge >= 0.3 is 0 Å². The molecule has 1 amide bonds. The van der Waals surface area contributed by atoms with Crippen molar-refractivity contribution in [3.63, 3.8) is 0 Å². The molecule has 1 fully saturated rings. The van der Waals surface area contributed by atoms with Crippen LogP contribution in [0.25, 0.3) is 6.08 Å². The fourth-order valence-corrected chi connectivity index (χ4v) is 4.54. The van der Waals surface area contributed by atoms with Gasteiger partial charge in [-0.1, -0.05) is 22.0 Å². The average Bonchev–Trinajstić information content (AvgIpc) is 2.82. The lowest BCUT2D eigenvalue weighted by Gasteiger charge is -2.03. The molecule has 1 heterocycles. The first-order valence-electron chi connectivity index (χ1n) is 7.38. The summed E-state index contributed by atoms with van der Waals surface area (Å²) >= 11 is 7.92. The fourth-order valence-electron chi connectivity index (χ4n) is 2.45. The average molecular weight is 482 g/mol. The number of nitrogens with one attached hydrogen (secondary N) is 1. The number of hydrogen-bond acceptors (Lipinski definition) is 4. The van der Waals surface area contributed by atoms with Gasteiger partial charge in [0.1, 0.15) is 5.75 Å². The summed E-state index contributed by atoms with van der Waals surface area (Å²) in [6.07, 6.45) is 1.65. The van der Waals surface area contributed by atoms with E-state index in [2.05, 4.69) is 48.2 Å². The third-order valence-corrected chi connectivity index (χ3v) is 5.40. The number of carbonyl (C=O) groups is 1. The number of amidine groups is 1. The van der Waals surface area contributed by atoms with Crippen LogP contribution in [0.4, 0.5) is 5.69 Å². The van der Waals surface area contributed by atoms with Crippen molar-refractivity contribution in [2.45, 2.75) is 13.8 Å². The van der Waals surface area contributed by atoms with Crippen LogP contribution in [0.3, 0.4) is 0 Å². The normalized spacial score (nSPS) is 17.4. The Morgan fingerprint density at radius 2 is 1.80 bits per heavy atom. The molecule has 4 nitrogen and oxygen atoms in total. The van der Waals surface area contributed by atoms with Gasteiger partial charge < -0.3 is 10.4 Å². The van der Waals surface area contributed by atoms with E-state index in [0.717, 1.165) is 21.3 Å². The highest BCUT2D eigenvalue weighted by Crippen LogP contribution is 2.36. The zero-order valence-corrected chi connectivity index (χ0v) is 17.4. The van der Waals surface area contributed by atoms with Crippen molar-refractivity contribution in [1.29, 1.82) is 0 Å². The number of thioether (sulfide) groups is 1. The molecule has 1 saturated heterocycles. The number of nitrogens with zero attached hydrogens (tertiary/aromatic N) is 1. The number of phenolic OH excluding ortho intramolecular Hbond substituents is 1. The SMILES string of the molecule is Cc1cc(C)cc(N=C2NC(=O)/C(=C/c3cc(Br)cc(Br)c3O)S2)c1. The van der Waals surface area contributed by atoms with E-state index in [1.165, 1.54) is 11.8 Å². The summed E-state index contributed by atoms with van der Waals surface area (Å²) in [6, 6.07) is 9.49. The lowest BCUT2D eigenvalue weighted by atomic mass is 10.1. The summed E-state index contributed by atoms with van der Waals surface area (Å²) in [4.78, 5) is 17.2. The molecule has 2 N–H and O–H groups in total. The molecule has 128 valence electrons.